The van der Waals surface area contributed by atoms with Gasteiger partial charge in [0.2, 0.25) is 5.91 Å². The molecule has 0 saturated heterocycles. The van der Waals surface area contributed by atoms with Gasteiger partial charge < -0.3 is 4.98 Å². The van der Waals surface area contributed by atoms with Crippen LogP contribution >= 0.6 is 11.1 Å². The second-order valence-electron chi connectivity index (χ2n) is 3.16. The molecular formula is C9H18ClNOSi. The number of rotatable bonds is 6. The van der Waals surface area contributed by atoms with Crippen LogP contribution in [0.4, 0.5) is 0 Å². The van der Waals surface area contributed by atoms with Gasteiger partial charge in [0, 0.05) is 0 Å². The first-order valence-electron chi connectivity index (χ1n) is 4.71. The molecule has 0 fully saturated rings. The molecule has 4 heteroatoms. The smallest absolute Gasteiger partial charge is 0.255 e. The van der Waals surface area contributed by atoms with Crippen molar-refractivity contribution in [2.45, 2.75) is 38.8 Å². The molecule has 1 amide bonds. The fourth-order valence-corrected chi connectivity index (χ4v) is 5.36. The van der Waals surface area contributed by atoms with E-state index in [9.17, 15) is 4.79 Å². The van der Waals surface area contributed by atoms with E-state index in [0.29, 0.717) is 0 Å². The third-order valence-electron chi connectivity index (χ3n) is 1.83. The molecule has 0 heterocycles. The maximum absolute atomic E-state index is 11.1. The summed E-state index contributed by atoms with van der Waals surface area (Å²) in [4.78, 5) is 14.0. The molecule has 0 aromatic rings. The van der Waals surface area contributed by atoms with E-state index >= 15 is 0 Å². The molecule has 0 spiro atoms. The van der Waals surface area contributed by atoms with Gasteiger partial charge in [-0.15, -0.1) is 11.1 Å². The highest BCUT2D eigenvalue weighted by Crippen LogP contribution is 2.20. The van der Waals surface area contributed by atoms with Crippen LogP contribution < -0.4 is 4.98 Å². The Kier molecular flexibility index (Phi) is 6.08. The third kappa shape index (κ3) is 5.11. The summed E-state index contributed by atoms with van der Waals surface area (Å²) in [5.74, 6) is -0.136. The third-order valence-corrected chi connectivity index (χ3v) is 6.52. The van der Waals surface area contributed by atoms with Crippen molar-refractivity contribution in [3.63, 3.8) is 0 Å². The summed E-state index contributed by atoms with van der Waals surface area (Å²) in [6.07, 6.45) is 3.33. The summed E-state index contributed by atoms with van der Waals surface area (Å²) in [5, 5.41) is 0. The van der Waals surface area contributed by atoms with E-state index in [4.69, 9.17) is 11.1 Å². The Morgan fingerprint density at radius 1 is 1.46 bits per heavy atom. The van der Waals surface area contributed by atoms with Crippen LogP contribution in [0.15, 0.2) is 12.7 Å². The van der Waals surface area contributed by atoms with Crippen molar-refractivity contribution in [2.75, 3.05) is 0 Å². The summed E-state index contributed by atoms with van der Waals surface area (Å²) < 4.78 is 0. The highest BCUT2D eigenvalue weighted by atomic mass is 35.6. The first-order chi connectivity index (χ1) is 6.08. The fourth-order valence-electron chi connectivity index (χ4n) is 1.31. The standard InChI is InChI=1S/C9H18ClNOSi/c1-4-7-13(10,8-5-2)11-9(12)6-3/h6H,3-5,7-8H2,1-2H3,(H,11,12). The number of nitrogens with one attached hydrogen (secondary N) is 1. The van der Waals surface area contributed by atoms with Gasteiger partial charge in [-0.1, -0.05) is 33.3 Å². The van der Waals surface area contributed by atoms with Crippen LogP contribution in [0.1, 0.15) is 26.7 Å². The monoisotopic (exact) mass is 219 g/mol. The van der Waals surface area contributed by atoms with E-state index in [1.807, 2.05) is 0 Å². The molecule has 13 heavy (non-hydrogen) atoms. The quantitative estimate of drug-likeness (QED) is 0.416. The van der Waals surface area contributed by atoms with Crippen molar-refractivity contribution in [1.29, 1.82) is 0 Å². The maximum atomic E-state index is 11.1. The van der Waals surface area contributed by atoms with Gasteiger partial charge in [0.25, 0.3) is 7.55 Å². The minimum absolute atomic E-state index is 0.136. The molecule has 1 N–H and O–H groups in total. The molecule has 0 aromatic heterocycles. The highest BCUT2D eigenvalue weighted by Gasteiger charge is 2.30. The lowest BCUT2D eigenvalue weighted by molar-refractivity contribution is -0.115. The number of carbonyl (C=O) groups is 1. The minimum atomic E-state index is -2.03. The summed E-state index contributed by atoms with van der Waals surface area (Å²) in [5.41, 5.74) is 0. The van der Waals surface area contributed by atoms with Gasteiger partial charge in [0.15, 0.2) is 0 Å². The van der Waals surface area contributed by atoms with Crippen molar-refractivity contribution in [3.8, 4) is 0 Å². The predicted octanol–water partition coefficient (Wildman–Crippen LogP) is 2.79. The van der Waals surface area contributed by atoms with Crippen molar-refractivity contribution in [3.05, 3.63) is 12.7 Å². The Bertz CT molecular complexity index is 178. The zero-order valence-corrected chi connectivity index (χ0v) is 10.2. The first-order valence-corrected chi connectivity index (χ1v) is 8.14. The maximum Gasteiger partial charge on any atom is 0.255 e. The highest BCUT2D eigenvalue weighted by molar-refractivity contribution is 7.19. The number of amides is 1. The van der Waals surface area contributed by atoms with Crippen LogP contribution in [0.2, 0.25) is 12.1 Å². The molecule has 0 saturated carbocycles. The molecule has 0 aliphatic rings. The molecule has 0 bridgehead atoms. The van der Waals surface area contributed by atoms with Crippen LogP contribution in [-0.2, 0) is 4.79 Å². The van der Waals surface area contributed by atoms with Crippen molar-refractivity contribution in [1.82, 2.24) is 4.98 Å². The average molecular weight is 220 g/mol. The Morgan fingerprint density at radius 2 is 1.92 bits per heavy atom. The van der Waals surface area contributed by atoms with E-state index < -0.39 is 7.55 Å². The molecule has 0 aromatic carbocycles. The lowest BCUT2D eigenvalue weighted by Crippen LogP contribution is -2.47. The van der Waals surface area contributed by atoms with Gasteiger partial charge in [-0.2, -0.15) is 0 Å². The van der Waals surface area contributed by atoms with Gasteiger partial charge in [-0.05, 0) is 18.2 Å². The molecule has 0 aliphatic heterocycles. The van der Waals surface area contributed by atoms with E-state index in [-0.39, 0.29) is 5.91 Å². The van der Waals surface area contributed by atoms with Gasteiger partial charge in [0.1, 0.15) is 0 Å². The Morgan fingerprint density at radius 3 is 2.23 bits per heavy atom. The molecule has 0 unspecified atom stereocenters. The lowest BCUT2D eigenvalue weighted by atomic mass is 10.6. The second-order valence-corrected chi connectivity index (χ2v) is 8.51. The van der Waals surface area contributed by atoms with Crippen LogP contribution in [0.5, 0.6) is 0 Å². The molecular weight excluding hydrogens is 202 g/mol. The van der Waals surface area contributed by atoms with Crippen molar-refractivity contribution >= 4 is 24.5 Å². The van der Waals surface area contributed by atoms with Crippen LogP contribution in [0, 0.1) is 0 Å². The minimum Gasteiger partial charge on any atom is -0.366 e. The van der Waals surface area contributed by atoms with Gasteiger partial charge in [-0.3, -0.25) is 4.79 Å². The molecule has 0 aliphatic carbocycles. The summed E-state index contributed by atoms with van der Waals surface area (Å²) >= 11 is 6.37. The summed E-state index contributed by atoms with van der Waals surface area (Å²) in [7, 11) is -2.03. The number of carbonyl (C=O) groups excluding carboxylic acids is 1. The molecule has 0 radical (unpaired) electrons. The van der Waals surface area contributed by atoms with Crippen molar-refractivity contribution < 1.29 is 4.79 Å². The summed E-state index contributed by atoms with van der Waals surface area (Å²) in [6.45, 7) is 7.58. The number of hydrogen-bond acceptors (Lipinski definition) is 1. The van der Waals surface area contributed by atoms with Crippen LogP contribution in [-0.4, -0.2) is 13.5 Å². The number of halogens is 1. The van der Waals surface area contributed by atoms with E-state index in [2.05, 4.69) is 25.4 Å². The zero-order chi connectivity index (χ0) is 10.3. The number of hydrogen-bond donors (Lipinski definition) is 1. The van der Waals surface area contributed by atoms with E-state index in [0.717, 1.165) is 24.9 Å². The Hall–Kier alpha value is -0.283. The predicted molar refractivity (Wildman–Crippen MR) is 60.1 cm³/mol. The topological polar surface area (TPSA) is 29.1 Å². The fraction of sp³-hybridized carbons (Fsp3) is 0.667. The first kappa shape index (κ1) is 12.7. The van der Waals surface area contributed by atoms with Gasteiger partial charge >= 0.3 is 0 Å². The lowest BCUT2D eigenvalue weighted by Gasteiger charge is -2.23. The van der Waals surface area contributed by atoms with Crippen molar-refractivity contribution in [2.24, 2.45) is 0 Å². The summed E-state index contributed by atoms with van der Waals surface area (Å²) in [6, 6.07) is 1.87. The molecule has 0 atom stereocenters. The second kappa shape index (κ2) is 6.21. The average Bonchev–Trinajstić information content (AvgIpc) is 2.04. The molecule has 76 valence electrons. The van der Waals surface area contributed by atoms with E-state index in [1.54, 1.807) is 0 Å². The van der Waals surface area contributed by atoms with Crippen LogP contribution in [0.25, 0.3) is 0 Å². The van der Waals surface area contributed by atoms with Gasteiger partial charge in [-0.25, -0.2) is 0 Å². The largest absolute Gasteiger partial charge is 0.366 e. The van der Waals surface area contributed by atoms with Crippen LogP contribution in [0.3, 0.4) is 0 Å². The van der Waals surface area contributed by atoms with E-state index in [1.165, 1.54) is 6.08 Å². The molecule has 0 rings (SSSR count). The zero-order valence-electron chi connectivity index (χ0n) is 8.40. The normalized spacial score (nSPS) is 11.0. The van der Waals surface area contributed by atoms with Gasteiger partial charge in [0.05, 0.1) is 0 Å². The Labute approximate surface area is 86.2 Å². The SMILES string of the molecule is C=CC(=O)N[Si](Cl)(CCC)CCC. The molecule has 2 nitrogen and oxygen atoms in total. The Balaban J connectivity index is 4.21.